The van der Waals surface area contributed by atoms with Crippen molar-refractivity contribution in [1.82, 2.24) is 9.55 Å². The van der Waals surface area contributed by atoms with Gasteiger partial charge in [-0.1, -0.05) is 0 Å². The Labute approximate surface area is 87.1 Å². The summed E-state index contributed by atoms with van der Waals surface area (Å²) in [6.07, 6.45) is 0.737. The molecule has 12 heavy (non-hydrogen) atoms. The maximum Gasteiger partial charge on any atom is 0.142 e. The lowest BCUT2D eigenvalue weighted by Gasteiger charge is -2.12. The minimum Gasteiger partial charge on any atom is -0.382 e. The molecule has 1 aliphatic rings. The molecule has 66 valence electrons. The van der Waals surface area contributed by atoms with Gasteiger partial charge in [-0.05, 0) is 38.8 Å². The molecule has 3 nitrogen and oxygen atoms in total. The number of fused-ring (bicyclic) bond motifs is 1. The van der Waals surface area contributed by atoms with E-state index in [1.54, 1.807) is 6.92 Å². The van der Waals surface area contributed by atoms with Crippen LogP contribution in [0.25, 0.3) is 0 Å². The summed E-state index contributed by atoms with van der Waals surface area (Å²) >= 11 is 6.70. The molecule has 5 heteroatoms. The molecule has 1 aliphatic heterocycles. The first kappa shape index (κ1) is 8.72. The highest BCUT2D eigenvalue weighted by atomic mass is 79.9. The number of halogens is 2. The Balaban J connectivity index is 2.61. The molecule has 0 amide bonds. The van der Waals surface area contributed by atoms with Crippen LogP contribution in [0.3, 0.4) is 0 Å². The van der Waals surface area contributed by atoms with E-state index in [0.29, 0.717) is 0 Å². The molecule has 1 aromatic rings. The molecule has 1 N–H and O–H groups in total. The average molecular weight is 296 g/mol. The third-order valence-corrected chi connectivity index (χ3v) is 4.06. The van der Waals surface area contributed by atoms with E-state index in [4.69, 9.17) is 0 Å². The first-order valence-corrected chi connectivity index (χ1v) is 5.25. The molecular formula is C7H8Br2N2O. The van der Waals surface area contributed by atoms with Crippen molar-refractivity contribution in [3.8, 4) is 0 Å². The molecule has 2 rings (SSSR count). The van der Waals surface area contributed by atoms with Gasteiger partial charge in [0.2, 0.25) is 0 Å². The van der Waals surface area contributed by atoms with E-state index in [1.165, 1.54) is 0 Å². The molecule has 0 bridgehead atoms. The van der Waals surface area contributed by atoms with Gasteiger partial charge < -0.3 is 9.67 Å². The van der Waals surface area contributed by atoms with Crippen molar-refractivity contribution in [2.45, 2.75) is 25.5 Å². The van der Waals surface area contributed by atoms with Crippen LogP contribution in [0.15, 0.2) is 9.21 Å². The van der Waals surface area contributed by atoms with Crippen molar-refractivity contribution in [2.24, 2.45) is 0 Å². The summed E-state index contributed by atoms with van der Waals surface area (Å²) < 4.78 is 3.65. The van der Waals surface area contributed by atoms with Crippen LogP contribution in [0.5, 0.6) is 0 Å². The molecule has 0 saturated heterocycles. The number of rotatable bonds is 0. The number of hydrogen-bond acceptors (Lipinski definition) is 2. The summed E-state index contributed by atoms with van der Waals surface area (Å²) in [6.45, 7) is 2.61. The van der Waals surface area contributed by atoms with Gasteiger partial charge in [0.15, 0.2) is 0 Å². The van der Waals surface area contributed by atoms with Crippen LogP contribution in [-0.4, -0.2) is 14.7 Å². The topological polar surface area (TPSA) is 38.0 Å². The fraction of sp³-hybridized carbons (Fsp3) is 0.571. The molecule has 0 radical (unpaired) electrons. The molecular weight excluding hydrogens is 288 g/mol. The third kappa shape index (κ3) is 1.07. The van der Waals surface area contributed by atoms with E-state index < -0.39 is 5.60 Å². The number of aromatic nitrogens is 2. The molecule has 1 aromatic heterocycles. The van der Waals surface area contributed by atoms with Gasteiger partial charge in [0.1, 0.15) is 20.6 Å². The molecule has 0 fully saturated rings. The van der Waals surface area contributed by atoms with Crippen LogP contribution in [-0.2, 0) is 12.1 Å². The molecule has 2 heterocycles. The van der Waals surface area contributed by atoms with Gasteiger partial charge in [-0.15, -0.1) is 0 Å². The van der Waals surface area contributed by atoms with E-state index in [1.807, 2.05) is 4.57 Å². The second-order valence-electron chi connectivity index (χ2n) is 3.19. The summed E-state index contributed by atoms with van der Waals surface area (Å²) in [5.74, 6) is 0.737. The fourth-order valence-corrected chi connectivity index (χ4v) is 2.28. The highest BCUT2D eigenvalue weighted by molar-refractivity contribution is 9.13. The summed E-state index contributed by atoms with van der Waals surface area (Å²) in [5, 5.41) is 9.86. The Morgan fingerprint density at radius 1 is 1.58 bits per heavy atom. The van der Waals surface area contributed by atoms with Gasteiger partial charge in [-0.2, -0.15) is 0 Å². The zero-order chi connectivity index (χ0) is 8.93. The van der Waals surface area contributed by atoms with Crippen LogP contribution in [0.1, 0.15) is 19.2 Å². The SMILES string of the molecule is CC1(O)CCn2c1nc(Br)c2Br. The van der Waals surface area contributed by atoms with Gasteiger partial charge in [0.05, 0.1) is 0 Å². The second-order valence-corrected chi connectivity index (χ2v) is 4.69. The van der Waals surface area contributed by atoms with Crippen LogP contribution in [0.2, 0.25) is 0 Å². The van der Waals surface area contributed by atoms with E-state index in [2.05, 4.69) is 36.8 Å². The highest BCUT2D eigenvalue weighted by Crippen LogP contribution is 2.36. The van der Waals surface area contributed by atoms with Gasteiger partial charge in [0, 0.05) is 13.0 Å². The van der Waals surface area contributed by atoms with Gasteiger partial charge in [0.25, 0.3) is 0 Å². The Hall–Kier alpha value is 0.130. The van der Waals surface area contributed by atoms with Gasteiger partial charge in [-0.25, -0.2) is 4.98 Å². The first-order chi connectivity index (χ1) is 5.52. The maximum atomic E-state index is 9.86. The lowest BCUT2D eigenvalue weighted by molar-refractivity contribution is 0.0550. The molecule has 0 aromatic carbocycles. The monoisotopic (exact) mass is 294 g/mol. The summed E-state index contributed by atoms with van der Waals surface area (Å²) in [5.41, 5.74) is -0.769. The van der Waals surface area contributed by atoms with Crippen molar-refractivity contribution in [2.75, 3.05) is 0 Å². The largest absolute Gasteiger partial charge is 0.382 e. The highest BCUT2D eigenvalue weighted by Gasteiger charge is 2.36. The van der Waals surface area contributed by atoms with E-state index >= 15 is 0 Å². The second kappa shape index (κ2) is 2.56. The molecule has 1 unspecified atom stereocenters. The lowest BCUT2D eigenvalue weighted by atomic mass is 10.1. The van der Waals surface area contributed by atoms with E-state index in [9.17, 15) is 5.11 Å². The van der Waals surface area contributed by atoms with Crippen LogP contribution < -0.4 is 0 Å². The van der Waals surface area contributed by atoms with E-state index in [-0.39, 0.29) is 0 Å². The number of aliphatic hydroxyl groups is 1. The predicted molar refractivity (Wildman–Crippen MR) is 51.8 cm³/mol. The summed E-state index contributed by atoms with van der Waals surface area (Å²) in [6, 6.07) is 0. The van der Waals surface area contributed by atoms with Crippen molar-refractivity contribution in [3.05, 3.63) is 15.0 Å². The number of hydrogen-bond donors (Lipinski definition) is 1. The van der Waals surface area contributed by atoms with Crippen LogP contribution in [0, 0.1) is 0 Å². The van der Waals surface area contributed by atoms with Gasteiger partial charge in [-0.3, -0.25) is 0 Å². The number of nitrogens with zero attached hydrogens (tertiary/aromatic N) is 2. The first-order valence-electron chi connectivity index (χ1n) is 3.67. The van der Waals surface area contributed by atoms with E-state index in [0.717, 1.165) is 28.0 Å². The van der Waals surface area contributed by atoms with Crippen molar-refractivity contribution < 1.29 is 5.11 Å². The third-order valence-electron chi connectivity index (χ3n) is 2.17. The Morgan fingerprint density at radius 2 is 2.25 bits per heavy atom. The van der Waals surface area contributed by atoms with Gasteiger partial charge >= 0.3 is 0 Å². The predicted octanol–water partition coefficient (Wildman–Crippen LogP) is 2.02. The summed E-state index contributed by atoms with van der Waals surface area (Å²) in [4.78, 5) is 4.23. The molecule has 0 saturated carbocycles. The molecule has 1 atom stereocenters. The van der Waals surface area contributed by atoms with Crippen molar-refractivity contribution >= 4 is 31.9 Å². The smallest absolute Gasteiger partial charge is 0.142 e. The minimum absolute atomic E-state index is 0.737. The maximum absolute atomic E-state index is 9.86. The summed E-state index contributed by atoms with van der Waals surface area (Å²) in [7, 11) is 0. The Morgan fingerprint density at radius 3 is 2.83 bits per heavy atom. The Kier molecular flexibility index (Phi) is 1.86. The van der Waals surface area contributed by atoms with Crippen molar-refractivity contribution in [3.63, 3.8) is 0 Å². The Bertz CT molecular complexity index is 332. The fourth-order valence-electron chi connectivity index (χ4n) is 1.46. The average Bonchev–Trinajstić information content (AvgIpc) is 2.40. The normalized spacial score (nSPS) is 27.7. The zero-order valence-electron chi connectivity index (χ0n) is 6.51. The van der Waals surface area contributed by atoms with Crippen LogP contribution >= 0.6 is 31.9 Å². The zero-order valence-corrected chi connectivity index (χ0v) is 9.68. The lowest BCUT2D eigenvalue weighted by Crippen LogP contribution is -2.17. The van der Waals surface area contributed by atoms with Crippen LogP contribution in [0.4, 0.5) is 0 Å². The standard InChI is InChI=1S/C7H8Br2N2O/c1-7(12)2-3-11-5(9)4(8)10-6(7)11/h12H,2-3H2,1H3. The molecule has 0 spiro atoms. The van der Waals surface area contributed by atoms with Crippen molar-refractivity contribution in [1.29, 1.82) is 0 Å². The number of imidazole rings is 1. The molecule has 0 aliphatic carbocycles. The minimum atomic E-state index is -0.769. The quantitative estimate of drug-likeness (QED) is 0.795.